The van der Waals surface area contributed by atoms with Gasteiger partial charge in [-0.1, -0.05) is 41.4 Å². The Morgan fingerprint density at radius 1 is 1.04 bits per heavy atom. The highest BCUT2D eigenvalue weighted by Crippen LogP contribution is 2.34. The summed E-state index contributed by atoms with van der Waals surface area (Å²) in [5.41, 5.74) is 5.09. The fourth-order valence-corrected chi connectivity index (χ4v) is 3.45. The van der Waals surface area contributed by atoms with E-state index in [1.54, 1.807) is 6.20 Å². The third kappa shape index (κ3) is 2.65. The number of rotatable bonds is 2. The SMILES string of the molecule is Cc1ccc(-n2ncc3c2C[C@@H](c2ccc(Cl)cc2)CC3=O)cc1. The van der Waals surface area contributed by atoms with E-state index in [1.165, 1.54) is 5.56 Å². The Hall–Kier alpha value is -2.39. The number of halogens is 1. The molecule has 0 N–H and O–H groups in total. The van der Waals surface area contributed by atoms with E-state index >= 15 is 0 Å². The number of benzene rings is 2. The fourth-order valence-electron chi connectivity index (χ4n) is 3.32. The number of hydrogen-bond acceptors (Lipinski definition) is 2. The molecule has 0 unspecified atom stereocenters. The number of hydrogen-bond donors (Lipinski definition) is 0. The summed E-state index contributed by atoms with van der Waals surface area (Å²) in [4.78, 5) is 12.6. The fraction of sp³-hybridized carbons (Fsp3) is 0.200. The van der Waals surface area contributed by atoms with Gasteiger partial charge in [-0.15, -0.1) is 0 Å². The van der Waals surface area contributed by atoms with Crippen molar-refractivity contribution in [3.05, 3.63) is 82.1 Å². The Bertz CT molecular complexity index is 894. The monoisotopic (exact) mass is 336 g/mol. The van der Waals surface area contributed by atoms with Crippen molar-refractivity contribution in [2.24, 2.45) is 0 Å². The molecule has 4 heteroatoms. The van der Waals surface area contributed by atoms with Gasteiger partial charge < -0.3 is 0 Å². The molecule has 0 aliphatic heterocycles. The van der Waals surface area contributed by atoms with Gasteiger partial charge in [0.2, 0.25) is 0 Å². The van der Waals surface area contributed by atoms with Crippen LogP contribution in [0.5, 0.6) is 0 Å². The summed E-state index contributed by atoms with van der Waals surface area (Å²) in [6.07, 6.45) is 3.03. The minimum absolute atomic E-state index is 0.162. The van der Waals surface area contributed by atoms with Gasteiger partial charge in [0.1, 0.15) is 0 Å². The molecule has 0 saturated heterocycles. The summed E-state index contributed by atoms with van der Waals surface area (Å²) in [5.74, 6) is 0.331. The summed E-state index contributed by atoms with van der Waals surface area (Å²) in [6, 6.07) is 16.0. The van der Waals surface area contributed by atoms with Crippen molar-refractivity contribution in [2.45, 2.75) is 25.7 Å². The number of fused-ring (bicyclic) bond motifs is 1. The van der Waals surface area contributed by atoms with Gasteiger partial charge in [0.25, 0.3) is 0 Å². The van der Waals surface area contributed by atoms with Crippen LogP contribution in [0.15, 0.2) is 54.7 Å². The van der Waals surface area contributed by atoms with Gasteiger partial charge in [-0.2, -0.15) is 5.10 Å². The molecule has 0 radical (unpaired) electrons. The zero-order valence-corrected chi connectivity index (χ0v) is 14.1. The van der Waals surface area contributed by atoms with Gasteiger partial charge in [0.15, 0.2) is 5.78 Å². The van der Waals surface area contributed by atoms with E-state index in [0.29, 0.717) is 11.4 Å². The van der Waals surface area contributed by atoms with Gasteiger partial charge in [0.05, 0.1) is 23.1 Å². The molecular formula is C20H17ClN2O. The third-order valence-electron chi connectivity index (χ3n) is 4.66. The average Bonchev–Trinajstić information content (AvgIpc) is 3.01. The van der Waals surface area contributed by atoms with Crippen LogP contribution in [0.2, 0.25) is 5.02 Å². The van der Waals surface area contributed by atoms with Gasteiger partial charge in [-0.3, -0.25) is 4.79 Å². The molecule has 0 saturated carbocycles. The van der Waals surface area contributed by atoms with Crippen molar-refractivity contribution in [3.63, 3.8) is 0 Å². The molecule has 1 aromatic heterocycles. The molecule has 1 heterocycles. The largest absolute Gasteiger partial charge is 0.294 e. The molecule has 1 aliphatic carbocycles. The van der Waals surface area contributed by atoms with Gasteiger partial charge in [0, 0.05) is 11.4 Å². The maximum absolute atomic E-state index is 12.6. The number of carbonyl (C=O) groups is 1. The second-order valence-corrected chi connectivity index (χ2v) is 6.77. The van der Waals surface area contributed by atoms with Crippen molar-refractivity contribution < 1.29 is 4.79 Å². The van der Waals surface area contributed by atoms with E-state index in [2.05, 4.69) is 24.2 Å². The van der Waals surface area contributed by atoms with Crippen LogP contribution < -0.4 is 0 Å². The Morgan fingerprint density at radius 2 is 1.75 bits per heavy atom. The highest BCUT2D eigenvalue weighted by Gasteiger charge is 2.30. The summed E-state index contributed by atoms with van der Waals surface area (Å²) in [6.45, 7) is 2.06. The quantitative estimate of drug-likeness (QED) is 0.677. The number of ketones is 1. The van der Waals surface area contributed by atoms with Crippen LogP contribution in [-0.4, -0.2) is 15.6 Å². The number of nitrogens with zero attached hydrogens (tertiary/aromatic N) is 2. The molecule has 3 nitrogen and oxygen atoms in total. The van der Waals surface area contributed by atoms with E-state index < -0.39 is 0 Å². The Labute approximate surface area is 145 Å². The molecule has 1 aliphatic rings. The number of aryl methyl sites for hydroxylation is 1. The predicted octanol–water partition coefficient (Wildman–Crippen LogP) is 4.75. The molecule has 4 rings (SSSR count). The van der Waals surface area contributed by atoms with E-state index in [9.17, 15) is 4.79 Å². The van der Waals surface area contributed by atoms with E-state index in [4.69, 9.17) is 11.6 Å². The molecule has 1 atom stereocenters. The molecule has 0 amide bonds. The van der Waals surface area contributed by atoms with Crippen LogP contribution in [0.3, 0.4) is 0 Å². The van der Waals surface area contributed by atoms with Gasteiger partial charge in [-0.25, -0.2) is 4.68 Å². The second-order valence-electron chi connectivity index (χ2n) is 6.33. The molecule has 120 valence electrons. The lowest BCUT2D eigenvalue weighted by Crippen LogP contribution is -2.20. The standard InChI is InChI=1S/C20H17ClN2O/c1-13-2-8-17(9-3-13)23-19-10-15(11-20(24)18(19)12-22-23)14-4-6-16(21)7-5-14/h2-9,12,15H,10-11H2,1H3/t15-/m1/s1. The van der Waals surface area contributed by atoms with Crippen LogP contribution in [-0.2, 0) is 6.42 Å². The minimum atomic E-state index is 0.162. The van der Waals surface area contributed by atoms with Crippen molar-refractivity contribution in [1.29, 1.82) is 0 Å². The summed E-state index contributed by atoms with van der Waals surface area (Å²) >= 11 is 5.98. The Kier molecular flexibility index (Phi) is 3.73. The molecule has 24 heavy (non-hydrogen) atoms. The summed E-state index contributed by atoms with van der Waals surface area (Å²) in [7, 11) is 0. The van der Waals surface area contributed by atoms with Gasteiger partial charge in [-0.05, 0) is 49.1 Å². The molecule has 0 bridgehead atoms. The van der Waals surface area contributed by atoms with Crippen molar-refractivity contribution in [2.75, 3.05) is 0 Å². The van der Waals surface area contributed by atoms with Gasteiger partial charge >= 0.3 is 0 Å². The summed E-state index contributed by atoms with van der Waals surface area (Å²) < 4.78 is 1.90. The highest BCUT2D eigenvalue weighted by atomic mass is 35.5. The minimum Gasteiger partial charge on any atom is -0.294 e. The summed E-state index contributed by atoms with van der Waals surface area (Å²) in [5, 5.41) is 5.18. The van der Waals surface area contributed by atoms with Crippen molar-refractivity contribution >= 4 is 17.4 Å². The smallest absolute Gasteiger partial charge is 0.166 e. The first kappa shape index (κ1) is 15.2. The topological polar surface area (TPSA) is 34.9 Å². The number of carbonyl (C=O) groups excluding carboxylic acids is 1. The number of aromatic nitrogens is 2. The molecule has 2 aromatic carbocycles. The normalized spacial score (nSPS) is 16.9. The maximum Gasteiger partial charge on any atom is 0.166 e. The lowest BCUT2D eigenvalue weighted by molar-refractivity contribution is 0.0964. The molecule has 0 fully saturated rings. The third-order valence-corrected chi connectivity index (χ3v) is 4.91. The van der Waals surface area contributed by atoms with E-state index in [0.717, 1.165) is 28.9 Å². The molecule has 0 spiro atoms. The highest BCUT2D eigenvalue weighted by molar-refractivity contribution is 6.30. The lowest BCUT2D eigenvalue weighted by atomic mass is 9.82. The van der Waals surface area contributed by atoms with Crippen LogP contribution in [0.4, 0.5) is 0 Å². The van der Waals surface area contributed by atoms with Crippen LogP contribution >= 0.6 is 11.6 Å². The van der Waals surface area contributed by atoms with Crippen LogP contribution in [0.25, 0.3) is 5.69 Å². The van der Waals surface area contributed by atoms with Crippen LogP contribution in [0.1, 0.15) is 39.5 Å². The first-order chi connectivity index (χ1) is 11.6. The van der Waals surface area contributed by atoms with Crippen LogP contribution in [0, 0.1) is 6.92 Å². The molecular weight excluding hydrogens is 320 g/mol. The Balaban J connectivity index is 1.73. The van der Waals surface area contributed by atoms with E-state index in [1.807, 2.05) is 41.1 Å². The average molecular weight is 337 g/mol. The lowest BCUT2D eigenvalue weighted by Gasteiger charge is -2.23. The maximum atomic E-state index is 12.6. The zero-order chi connectivity index (χ0) is 16.7. The first-order valence-corrected chi connectivity index (χ1v) is 8.42. The number of Topliss-reactive ketones (excluding diaryl/α,β-unsaturated/α-hetero) is 1. The zero-order valence-electron chi connectivity index (χ0n) is 13.4. The predicted molar refractivity (Wildman–Crippen MR) is 95.1 cm³/mol. The van der Waals surface area contributed by atoms with Crippen molar-refractivity contribution in [1.82, 2.24) is 9.78 Å². The molecule has 3 aromatic rings. The Morgan fingerprint density at radius 3 is 2.46 bits per heavy atom. The van der Waals surface area contributed by atoms with E-state index in [-0.39, 0.29) is 11.7 Å². The first-order valence-electron chi connectivity index (χ1n) is 8.04. The second kappa shape index (κ2) is 5.91. The van der Waals surface area contributed by atoms with Crippen molar-refractivity contribution in [3.8, 4) is 5.69 Å².